The van der Waals surface area contributed by atoms with Gasteiger partial charge in [0, 0.05) is 12.7 Å². The lowest BCUT2D eigenvalue weighted by Gasteiger charge is -2.10. The van der Waals surface area contributed by atoms with Gasteiger partial charge in [0.25, 0.3) is 0 Å². The molecule has 21 heavy (non-hydrogen) atoms. The Hall–Kier alpha value is -1.88. The number of thiocarbonyl (C=S) groups is 1. The molecule has 0 amide bonds. The quantitative estimate of drug-likeness (QED) is 0.833. The van der Waals surface area contributed by atoms with E-state index >= 15 is 0 Å². The Morgan fingerprint density at radius 3 is 2.81 bits per heavy atom. The smallest absolute Gasteiger partial charge is 0.170 e. The Morgan fingerprint density at radius 2 is 2.10 bits per heavy atom. The van der Waals surface area contributed by atoms with Crippen molar-refractivity contribution in [3.8, 4) is 0 Å². The van der Waals surface area contributed by atoms with E-state index in [0.717, 1.165) is 18.8 Å². The second kappa shape index (κ2) is 7.22. The molecule has 1 aromatic carbocycles. The molecular weight excluding hydrogens is 280 g/mol. The predicted molar refractivity (Wildman–Crippen MR) is 91.6 cm³/mol. The van der Waals surface area contributed by atoms with Gasteiger partial charge in [-0.05, 0) is 36.2 Å². The van der Waals surface area contributed by atoms with Crippen molar-refractivity contribution in [2.45, 2.75) is 27.3 Å². The molecule has 1 heterocycles. The molecule has 5 heteroatoms. The summed E-state index contributed by atoms with van der Waals surface area (Å²) in [5.41, 5.74) is 3.45. The van der Waals surface area contributed by atoms with Crippen molar-refractivity contribution in [1.82, 2.24) is 15.1 Å². The molecule has 0 saturated heterocycles. The summed E-state index contributed by atoms with van der Waals surface area (Å²) >= 11 is 5.25. The van der Waals surface area contributed by atoms with Crippen molar-refractivity contribution in [3.05, 3.63) is 47.8 Å². The lowest BCUT2D eigenvalue weighted by Crippen LogP contribution is -2.31. The van der Waals surface area contributed by atoms with Gasteiger partial charge in [0.05, 0.1) is 18.4 Å². The van der Waals surface area contributed by atoms with Crippen molar-refractivity contribution in [3.63, 3.8) is 0 Å². The number of nitrogens with zero attached hydrogens (tertiary/aromatic N) is 2. The topological polar surface area (TPSA) is 41.9 Å². The van der Waals surface area contributed by atoms with Crippen LogP contribution in [0.4, 0.5) is 5.69 Å². The lowest BCUT2D eigenvalue weighted by atomic mass is 10.1. The van der Waals surface area contributed by atoms with Crippen LogP contribution in [0.15, 0.2) is 36.7 Å². The first kappa shape index (κ1) is 15.5. The third-order valence-corrected chi connectivity index (χ3v) is 3.40. The fourth-order valence-electron chi connectivity index (χ4n) is 1.95. The molecule has 0 aliphatic carbocycles. The summed E-state index contributed by atoms with van der Waals surface area (Å²) < 4.78 is 1.91. The van der Waals surface area contributed by atoms with Gasteiger partial charge in [-0.15, -0.1) is 0 Å². The number of nitrogens with one attached hydrogen (secondary N) is 2. The summed E-state index contributed by atoms with van der Waals surface area (Å²) in [5, 5.41) is 11.3. The Labute approximate surface area is 131 Å². The summed E-state index contributed by atoms with van der Waals surface area (Å²) in [6.07, 6.45) is 3.76. The number of rotatable bonds is 5. The van der Waals surface area contributed by atoms with E-state index in [4.69, 9.17) is 12.2 Å². The molecule has 0 fully saturated rings. The number of aromatic nitrogens is 2. The van der Waals surface area contributed by atoms with Gasteiger partial charge in [0.15, 0.2) is 5.11 Å². The summed E-state index contributed by atoms with van der Waals surface area (Å²) in [5.74, 6) is 0.563. The van der Waals surface area contributed by atoms with Crippen molar-refractivity contribution in [2.24, 2.45) is 5.92 Å². The molecule has 2 N–H and O–H groups in total. The molecule has 0 saturated carbocycles. The molecule has 0 aliphatic rings. The largest absolute Gasteiger partial charge is 0.362 e. The SMILES string of the molecule is Cc1ccccc1Cn1cc(NC(=S)NCC(C)C)cn1. The average Bonchev–Trinajstić information content (AvgIpc) is 2.86. The third-order valence-electron chi connectivity index (χ3n) is 3.16. The van der Waals surface area contributed by atoms with E-state index in [1.165, 1.54) is 11.1 Å². The predicted octanol–water partition coefficient (Wildman–Crippen LogP) is 3.18. The molecule has 1 aromatic heterocycles. The minimum Gasteiger partial charge on any atom is -0.362 e. The van der Waals surface area contributed by atoms with Crippen LogP contribution in [-0.2, 0) is 6.54 Å². The van der Waals surface area contributed by atoms with E-state index in [9.17, 15) is 0 Å². The standard InChI is InChI=1S/C16H22N4S/c1-12(2)8-17-16(21)19-15-9-18-20(11-15)10-14-7-5-4-6-13(14)3/h4-7,9,11-12H,8,10H2,1-3H3,(H2,17,19,21). The maximum atomic E-state index is 5.25. The van der Waals surface area contributed by atoms with Gasteiger partial charge in [-0.25, -0.2) is 0 Å². The van der Waals surface area contributed by atoms with Crippen LogP contribution in [0.1, 0.15) is 25.0 Å². The van der Waals surface area contributed by atoms with E-state index in [-0.39, 0.29) is 0 Å². The maximum absolute atomic E-state index is 5.25. The van der Waals surface area contributed by atoms with Crippen molar-refractivity contribution in [2.75, 3.05) is 11.9 Å². The first-order chi connectivity index (χ1) is 10.0. The monoisotopic (exact) mass is 302 g/mol. The highest BCUT2D eigenvalue weighted by Crippen LogP contribution is 2.11. The second-order valence-corrected chi connectivity index (χ2v) is 5.99. The van der Waals surface area contributed by atoms with Gasteiger partial charge in [-0.3, -0.25) is 4.68 Å². The number of aryl methyl sites for hydroxylation is 1. The number of benzene rings is 1. The Kier molecular flexibility index (Phi) is 5.33. The zero-order valence-corrected chi connectivity index (χ0v) is 13.6. The van der Waals surface area contributed by atoms with E-state index in [2.05, 4.69) is 54.7 Å². The lowest BCUT2D eigenvalue weighted by molar-refractivity contribution is 0.627. The van der Waals surface area contributed by atoms with Crippen molar-refractivity contribution in [1.29, 1.82) is 0 Å². The van der Waals surface area contributed by atoms with Gasteiger partial charge >= 0.3 is 0 Å². The molecule has 0 unspecified atom stereocenters. The van der Waals surface area contributed by atoms with Gasteiger partial charge in [0.2, 0.25) is 0 Å². The highest BCUT2D eigenvalue weighted by atomic mass is 32.1. The van der Waals surface area contributed by atoms with Crippen LogP contribution in [0.2, 0.25) is 0 Å². The molecule has 0 radical (unpaired) electrons. The highest BCUT2D eigenvalue weighted by Gasteiger charge is 2.04. The van der Waals surface area contributed by atoms with Gasteiger partial charge in [0.1, 0.15) is 0 Å². The van der Waals surface area contributed by atoms with Gasteiger partial charge < -0.3 is 10.6 Å². The summed E-state index contributed by atoms with van der Waals surface area (Å²) in [6, 6.07) is 8.34. The minimum absolute atomic E-state index is 0.563. The van der Waals surface area contributed by atoms with E-state index in [1.54, 1.807) is 6.20 Å². The number of anilines is 1. The van der Waals surface area contributed by atoms with Crippen LogP contribution < -0.4 is 10.6 Å². The number of hydrogen-bond donors (Lipinski definition) is 2. The molecule has 0 atom stereocenters. The van der Waals surface area contributed by atoms with E-state index in [0.29, 0.717) is 11.0 Å². The van der Waals surface area contributed by atoms with Crippen molar-refractivity contribution < 1.29 is 0 Å². The summed E-state index contributed by atoms with van der Waals surface area (Å²) in [6.45, 7) is 8.04. The van der Waals surface area contributed by atoms with Crippen molar-refractivity contribution >= 4 is 23.0 Å². The molecule has 2 aromatic rings. The first-order valence-corrected chi connectivity index (χ1v) is 7.57. The second-order valence-electron chi connectivity index (χ2n) is 5.58. The molecule has 2 rings (SSSR count). The molecule has 0 spiro atoms. The van der Waals surface area contributed by atoms with E-state index in [1.807, 2.05) is 16.9 Å². The Bertz CT molecular complexity index is 604. The zero-order chi connectivity index (χ0) is 15.2. The minimum atomic E-state index is 0.563. The van der Waals surface area contributed by atoms with Crippen LogP contribution in [0.5, 0.6) is 0 Å². The van der Waals surface area contributed by atoms with Crippen LogP contribution >= 0.6 is 12.2 Å². The fourth-order valence-corrected chi connectivity index (χ4v) is 2.15. The molecule has 0 aliphatic heterocycles. The van der Waals surface area contributed by atoms with Gasteiger partial charge in [-0.2, -0.15) is 5.10 Å². The van der Waals surface area contributed by atoms with Crippen LogP contribution in [0.3, 0.4) is 0 Å². The fraction of sp³-hybridized carbons (Fsp3) is 0.375. The van der Waals surface area contributed by atoms with Crippen LogP contribution in [-0.4, -0.2) is 21.4 Å². The molecular formula is C16H22N4S. The molecule has 0 bridgehead atoms. The molecule has 4 nitrogen and oxygen atoms in total. The third kappa shape index (κ3) is 4.86. The normalized spacial score (nSPS) is 10.7. The van der Waals surface area contributed by atoms with Crippen LogP contribution in [0, 0.1) is 12.8 Å². The van der Waals surface area contributed by atoms with Gasteiger partial charge in [-0.1, -0.05) is 38.1 Å². The summed E-state index contributed by atoms with van der Waals surface area (Å²) in [4.78, 5) is 0. The van der Waals surface area contributed by atoms with Crippen LogP contribution in [0.25, 0.3) is 0 Å². The van der Waals surface area contributed by atoms with E-state index < -0.39 is 0 Å². The number of hydrogen-bond acceptors (Lipinski definition) is 2. The Morgan fingerprint density at radius 1 is 1.33 bits per heavy atom. The summed E-state index contributed by atoms with van der Waals surface area (Å²) in [7, 11) is 0. The highest BCUT2D eigenvalue weighted by molar-refractivity contribution is 7.80. The molecule has 112 valence electrons. The maximum Gasteiger partial charge on any atom is 0.170 e. The Balaban J connectivity index is 1.92. The average molecular weight is 302 g/mol. The first-order valence-electron chi connectivity index (χ1n) is 7.16. The zero-order valence-electron chi connectivity index (χ0n) is 12.8.